The number of benzene rings is 1. The van der Waals surface area contributed by atoms with Gasteiger partial charge in [0.15, 0.2) is 0 Å². The van der Waals surface area contributed by atoms with Crippen LogP contribution in [0, 0.1) is 0 Å². The minimum absolute atomic E-state index is 0.0230. The molecule has 1 amide bonds. The van der Waals surface area contributed by atoms with Crippen LogP contribution in [0.4, 0.5) is 4.79 Å². The number of hydrogen-bond donors (Lipinski definition) is 0. The Kier molecular flexibility index (Phi) is 3.22. The molecule has 1 unspecified atom stereocenters. The lowest BCUT2D eigenvalue weighted by Crippen LogP contribution is -2.41. The number of carbonyl (C=O) groups excluding carboxylic acids is 1. The molecule has 5 heteroatoms. The topological polar surface area (TPSA) is 41.4 Å². The van der Waals surface area contributed by atoms with Gasteiger partial charge >= 0.3 is 6.03 Å². The molecule has 2 aromatic rings. The number of imidazole rings is 1. The zero-order chi connectivity index (χ0) is 14.3. The van der Waals surface area contributed by atoms with Gasteiger partial charge in [-0.1, -0.05) is 12.1 Å². The molecule has 0 saturated heterocycles. The number of amides is 1. The molecule has 5 nitrogen and oxygen atoms in total. The minimum atomic E-state index is 0.0230. The first-order valence-corrected chi connectivity index (χ1v) is 6.95. The maximum atomic E-state index is 12.4. The van der Waals surface area contributed by atoms with E-state index in [0.717, 1.165) is 36.4 Å². The summed E-state index contributed by atoms with van der Waals surface area (Å²) in [5.74, 6) is 1.21. The summed E-state index contributed by atoms with van der Waals surface area (Å²) in [6, 6.07) is 7.87. The third-order valence-corrected chi connectivity index (χ3v) is 3.89. The van der Waals surface area contributed by atoms with Crippen LogP contribution < -0.4 is 0 Å². The van der Waals surface area contributed by atoms with E-state index in [2.05, 4.69) is 19.0 Å². The van der Waals surface area contributed by atoms with E-state index >= 15 is 0 Å². The zero-order valence-corrected chi connectivity index (χ0v) is 12.2. The van der Waals surface area contributed by atoms with Crippen molar-refractivity contribution in [2.75, 3.05) is 34.2 Å². The van der Waals surface area contributed by atoms with Gasteiger partial charge < -0.3 is 9.80 Å². The maximum Gasteiger partial charge on any atom is 0.329 e. The lowest BCUT2D eigenvalue weighted by Gasteiger charge is -2.31. The first-order valence-electron chi connectivity index (χ1n) is 6.95. The van der Waals surface area contributed by atoms with Gasteiger partial charge in [-0.25, -0.2) is 14.3 Å². The van der Waals surface area contributed by atoms with Crippen LogP contribution in [-0.4, -0.2) is 59.6 Å². The summed E-state index contributed by atoms with van der Waals surface area (Å²) in [5, 5.41) is 0. The van der Waals surface area contributed by atoms with E-state index in [0.29, 0.717) is 5.92 Å². The first kappa shape index (κ1) is 13.1. The standard InChI is InChI=1S/C15H20N4O/c1-17(2)9-8-11-10-18(3)15(20)19-13-7-5-4-6-12(13)16-14(11)19/h4-7,11H,8-10H2,1-3H3. The van der Waals surface area contributed by atoms with Gasteiger partial charge in [0, 0.05) is 19.5 Å². The van der Waals surface area contributed by atoms with Crippen LogP contribution in [0.15, 0.2) is 24.3 Å². The highest BCUT2D eigenvalue weighted by molar-refractivity contribution is 5.91. The van der Waals surface area contributed by atoms with Gasteiger partial charge in [0.2, 0.25) is 0 Å². The summed E-state index contributed by atoms with van der Waals surface area (Å²) in [6.07, 6.45) is 1.01. The van der Waals surface area contributed by atoms with E-state index in [1.165, 1.54) is 0 Å². The molecule has 0 saturated carbocycles. The largest absolute Gasteiger partial charge is 0.329 e. The lowest BCUT2D eigenvalue weighted by atomic mass is 10.0. The van der Waals surface area contributed by atoms with Crippen molar-refractivity contribution >= 4 is 17.1 Å². The van der Waals surface area contributed by atoms with Crippen molar-refractivity contribution in [2.45, 2.75) is 12.3 Å². The van der Waals surface area contributed by atoms with Crippen LogP contribution in [0.1, 0.15) is 18.2 Å². The van der Waals surface area contributed by atoms with E-state index in [4.69, 9.17) is 4.98 Å². The molecule has 0 aliphatic carbocycles. The number of hydrogen-bond acceptors (Lipinski definition) is 3. The molecule has 0 spiro atoms. The van der Waals surface area contributed by atoms with Gasteiger partial charge in [-0.15, -0.1) is 0 Å². The Labute approximate surface area is 118 Å². The average molecular weight is 272 g/mol. The van der Waals surface area contributed by atoms with E-state index in [-0.39, 0.29) is 6.03 Å². The minimum Gasteiger partial charge on any atom is -0.326 e. The van der Waals surface area contributed by atoms with E-state index in [1.807, 2.05) is 31.3 Å². The third-order valence-electron chi connectivity index (χ3n) is 3.89. The molecule has 3 rings (SSSR count). The van der Waals surface area contributed by atoms with Crippen LogP contribution in [0.2, 0.25) is 0 Å². The summed E-state index contributed by atoms with van der Waals surface area (Å²) in [4.78, 5) is 21.1. The van der Waals surface area contributed by atoms with Crippen molar-refractivity contribution in [1.82, 2.24) is 19.4 Å². The fourth-order valence-electron chi connectivity index (χ4n) is 2.81. The highest BCUT2D eigenvalue weighted by atomic mass is 16.2. The molecule has 1 aliphatic rings. The van der Waals surface area contributed by atoms with Crippen molar-refractivity contribution in [3.8, 4) is 0 Å². The lowest BCUT2D eigenvalue weighted by molar-refractivity contribution is 0.194. The SMILES string of the molecule is CN(C)CCC1CN(C)C(=O)n2c1nc1ccccc12. The number of carbonyl (C=O) groups is 1. The molecule has 0 fully saturated rings. The van der Waals surface area contributed by atoms with Crippen LogP contribution in [0.3, 0.4) is 0 Å². The first-order chi connectivity index (χ1) is 9.58. The van der Waals surface area contributed by atoms with Crippen LogP contribution >= 0.6 is 0 Å². The van der Waals surface area contributed by atoms with Gasteiger partial charge in [-0.3, -0.25) is 0 Å². The number of para-hydroxylation sites is 2. The second-order valence-electron chi connectivity index (χ2n) is 5.75. The molecule has 0 bridgehead atoms. The van der Waals surface area contributed by atoms with Crippen molar-refractivity contribution in [3.63, 3.8) is 0 Å². The highest BCUT2D eigenvalue weighted by Gasteiger charge is 2.31. The molecular weight excluding hydrogens is 252 g/mol. The zero-order valence-electron chi connectivity index (χ0n) is 12.2. The molecule has 1 aromatic heterocycles. The molecule has 1 aromatic carbocycles. The molecule has 20 heavy (non-hydrogen) atoms. The second-order valence-corrected chi connectivity index (χ2v) is 5.75. The summed E-state index contributed by atoms with van der Waals surface area (Å²) >= 11 is 0. The van der Waals surface area contributed by atoms with Crippen molar-refractivity contribution < 1.29 is 4.79 Å². The fourth-order valence-corrected chi connectivity index (χ4v) is 2.81. The van der Waals surface area contributed by atoms with Crippen LogP contribution in [-0.2, 0) is 0 Å². The highest BCUT2D eigenvalue weighted by Crippen LogP contribution is 2.29. The molecule has 0 radical (unpaired) electrons. The quantitative estimate of drug-likeness (QED) is 0.858. The van der Waals surface area contributed by atoms with Crippen LogP contribution in [0.25, 0.3) is 11.0 Å². The van der Waals surface area contributed by atoms with E-state index in [1.54, 1.807) is 9.47 Å². The van der Waals surface area contributed by atoms with Gasteiger partial charge in [0.1, 0.15) is 5.82 Å². The van der Waals surface area contributed by atoms with Gasteiger partial charge in [0.05, 0.1) is 11.0 Å². The summed E-state index contributed by atoms with van der Waals surface area (Å²) in [5.41, 5.74) is 1.81. The maximum absolute atomic E-state index is 12.4. The van der Waals surface area contributed by atoms with Crippen molar-refractivity contribution in [1.29, 1.82) is 0 Å². The predicted molar refractivity (Wildman–Crippen MR) is 79.1 cm³/mol. The third kappa shape index (κ3) is 2.08. The molecule has 1 aliphatic heterocycles. The van der Waals surface area contributed by atoms with Gasteiger partial charge in [-0.05, 0) is 39.2 Å². The Bertz CT molecular complexity index is 646. The normalized spacial score (nSPS) is 18.9. The summed E-state index contributed by atoms with van der Waals surface area (Å²) < 4.78 is 1.78. The van der Waals surface area contributed by atoms with Crippen LogP contribution in [0.5, 0.6) is 0 Å². The smallest absolute Gasteiger partial charge is 0.326 e. The Morgan fingerprint density at radius 3 is 2.85 bits per heavy atom. The second kappa shape index (κ2) is 4.90. The Morgan fingerprint density at radius 2 is 2.10 bits per heavy atom. The molecule has 0 N–H and O–H groups in total. The predicted octanol–water partition coefficient (Wildman–Crippen LogP) is 1.99. The van der Waals surface area contributed by atoms with Gasteiger partial charge in [0.25, 0.3) is 0 Å². The number of likely N-dealkylation sites (N-methyl/N-ethyl adjacent to an activating group) is 1. The molecule has 106 valence electrons. The monoisotopic (exact) mass is 272 g/mol. The molecular formula is C15H20N4O. The number of fused-ring (bicyclic) bond motifs is 3. The number of rotatable bonds is 3. The Hall–Kier alpha value is -1.88. The molecule has 2 heterocycles. The Balaban J connectivity index is 2.06. The molecule has 1 atom stereocenters. The van der Waals surface area contributed by atoms with Crippen molar-refractivity contribution in [2.24, 2.45) is 0 Å². The van der Waals surface area contributed by atoms with Crippen molar-refractivity contribution in [3.05, 3.63) is 30.1 Å². The average Bonchev–Trinajstić information content (AvgIpc) is 2.81. The van der Waals surface area contributed by atoms with E-state index < -0.39 is 0 Å². The number of nitrogens with zero attached hydrogens (tertiary/aromatic N) is 4. The summed E-state index contributed by atoms with van der Waals surface area (Å²) in [7, 11) is 6.00. The number of aromatic nitrogens is 2. The summed E-state index contributed by atoms with van der Waals surface area (Å²) in [6.45, 7) is 1.74. The Morgan fingerprint density at radius 1 is 1.35 bits per heavy atom. The van der Waals surface area contributed by atoms with E-state index in [9.17, 15) is 4.79 Å². The fraction of sp³-hybridized carbons (Fsp3) is 0.467. The van der Waals surface area contributed by atoms with Gasteiger partial charge in [-0.2, -0.15) is 0 Å².